The lowest BCUT2D eigenvalue weighted by Gasteiger charge is -2.39. The second kappa shape index (κ2) is 5.35. The van der Waals surface area contributed by atoms with Crippen LogP contribution in [0.5, 0.6) is 0 Å². The van der Waals surface area contributed by atoms with Crippen molar-refractivity contribution >= 4 is 18.5 Å². The first-order valence-electron chi connectivity index (χ1n) is 6.62. The zero-order valence-electron chi connectivity index (χ0n) is 11.1. The monoisotopic (exact) mass is 263 g/mol. The summed E-state index contributed by atoms with van der Waals surface area (Å²) in [6.45, 7) is 6.31. The van der Waals surface area contributed by atoms with Crippen molar-refractivity contribution in [2.45, 2.75) is 38.0 Å². The standard InChI is InChI=1S/C15H21NOS/c1-3-15(2)7-9-16(10-8-15)14(17)12-5-4-6-13(18)11-12/h4-6,11,18H,3,7-10H2,1-2H3. The molecule has 1 fully saturated rings. The Bertz CT molecular complexity index is 436. The van der Waals surface area contributed by atoms with E-state index in [-0.39, 0.29) is 5.91 Å². The second-order valence-electron chi connectivity index (χ2n) is 5.51. The van der Waals surface area contributed by atoms with Crippen LogP contribution in [-0.4, -0.2) is 23.9 Å². The van der Waals surface area contributed by atoms with E-state index in [4.69, 9.17) is 0 Å². The van der Waals surface area contributed by atoms with Gasteiger partial charge < -0.3 is 4.90 Å². The van der Waals surface area contributed by atoms with Crippen LogP contribution in [0.4, 0.5) is 0 Å². The second-order valence-corrected chi connectivity index (χ2v) is 6.02. The highest BCUT2D eigenvalue weighted by Crippen LogP contribution is 2.34. The van der Waals surface area contributed by atoms with Gasteiger partial charge in [0.05, 0.1) is 0 Å². The van der Waals surface area contributed by atoms with Crippen molar-refractivity contribution < 1.29 is 4.79 Å². The van der Waals surface area contributed by atoms with Crippen molar-refractivity contribution in [1.82, 2.24) is 4.90 Å². The summed E-state index contributed by atoms with van der Waals surface area (Å²) >= 11 is 4.28. The predicted molar refractivity (Wildman–Crippen MR) is 77.2 cm³/mol. The lowest BCUT2D eigenvalue weighted by Crippen LogP contribution is -2.41. The number of amides is 1. The molecular formula is C15H21NOS. The van der Waals surface area contributed by atoms with Crippen LogP contribution in [-0.2, 0) is 0 Å². The third-order valence-electron chi connectivity index (χ3n) is 4.20. The van der Waals surface area contributed by atoms with E-state index in [9.17, 15) is 4.79 Å². The van der Waals surface area contributed by atoms with Gasteiger partial charge in [-0.15, -0.1) is 12.6 Å². The molecule has 0 aliphatic carbocycles. The summed E-state index contributed by atoms with van der Waals surface area (Å²) < 4.78 is 0. The van der Waals surface area contributed by atoms with Gasteiger partial charge in [-0.05, 0) is 36.5 Å². The van der Waals surface area contributed by atoms with Crippen LogP contribution in [0.2, 0.25) is 0 Å². The Hall–Kier alpha value is -0.960. The zero-order valence-corrected chi connectivity index (χ0v) is 12.0. The SMILES string of the molecule is CCC1(C)CCN(C(=O)c2cccc(S)c2)CC1. The summed E-state index contributed by atoms with van der Waals surface area (Å²) in [4.78, 5) is 15.2. The number of thiol groups is 1. The molecule has 1 saturated heterocycles. The van der Waals surface area contributed by atoms with Gasteiger partial charge in [-0.3, -0.25) is 4.79 Å². The molecule has 98 valence electrons. The number of likely N-dealkylation sites (tertiary alicyclic amines) is 1. The molecule has 1 aliphatic rings. The Labute approximate surface area is 115 Å². The summed E-state index contributed by atoms with van der Waals surface area (Å²) in [5, 5.41) is 0. The van der Waals surface area contributed by atoms with Gasteiger partial charge in [0, 0.05) is 23.5 Å². The molecule has 1 aromatic carbocycles. The average Bonchev–Trinajstić information content (AvgIpc) is 2.39. The molecule has 1 heterocycles. The van der Waals surface area contributed by atoms with E-state index in [2.05, 4.69) is 26.5 Å². The van der Waals surface area contributed by atoms with E-state index in [1.165, 1.54) is 6.42 Å². The smallest absolute Gasteiger partial charge is 0.253 e. The first-order valence-corrected chi connectivity index (χ1v) is 7.07. The molecule has 2 rings (SSSR count). The summed E-state index contributed by atoms with van der Waals surface area (Å²) in [6.07, 6.45) is 3.41. The minimum absolute atomic E-state index is 0.143. The fraction of sp³-hybridized carbons (Fsp3) is 0.533. The molecule has 18 heavy (non-hydrogen) atoms. The first-order chi connectivity index (χ1) is 8.54. The van der Waals surface area contributed by atoms with Gasteiger partial charge in [-0.1, -0.05) is 26.3 Å². The van der Waals surface area contributed by atoms with Crippen molar-refractivity contribution in [2.75, 3.05) is 13.1 Å². The maximum absolute atomic E-state index is 12.3. The molecular weight excluding hydrogens is 242 g/mol. The van der Waals surface area contributed by atoms with Gasteiger partial charge in [0.25, 0.3) is 5.91 Å². The third-order valence-corrected chi connectivity index (χ3v) is 4.48. The van der Waals surface area contributed by atoms with Gasteiger partial charge in [0.2, 0.25) is 0 Å². The fourth-order valence-corrected chi connectivity index (χ4v) is 2.65. The van der Waals surface area contributed by atoms with E-state index in [1.807, 2.05) is 29.2 Å². The molecule has 1 aliphatic heterocycles. The van der Waals surface area contributed by atoms with Gasteiger partial charge in [0.15, 0.2) is 0 Å². The Morgan fingerprint density at radius 1 is 1.39 bits per heavy atom. The van der Waals surface area contributed by atoms with E-state index in [1.54, 1.807) is 0 Å². The number of carbonyl (C=O) groups is 1. The Kier molecular flexibility index (Phi) is 4.00. The minimum Gasteiger partial charge on any atom is -0.339 e. The normalized spacial score (nSPS) is 18.7. The highest BCUT2D eigenvalue weighted by atomic mass is 32.1. The highest BCUT2D eigenvalue weighted by Gasteiger charge is 2.30. The molecule has 3 heteroatoms. The number of piperidine rings is 1. The molecule has 1 aromatic rings. The first kappa shape index (κ1) is 13.5. The lowest BCUT2D eigenvalue weighted by atomic mass is 9.78. The Balaban J connectivity index is 2.04. The van der Waals surface area contributed by atoms with Crippen molar-refractivity contribution in [3.05, 3.63) is 29.8 Å². The molecule has 0 spiro atoms. The molecule has 0 bridgehead atoms. The molecule has 0 atom stereocenters. The quantitative estimate of drug-likeness (QED) is 0.808. The molecule has 0 radical (unpaired) electrons. The topological polar surface area (TPSA) is 20.3 Å². The van der Waals surface area contributed by atoms with Crippen LogP contribution in [0.25, 0.3) is 0 Å². The number of carbonyl (C=O) groups excluding carboxylic acids is 1. The third kappa shape index (κ3) is 2.89. The van der Waals surface area contributed by atoms with Crippen molar-refractivity contribution in [1.29, 1.82) is 0 Å². The van der Waals surface area contributed by atoms with Crippen LogP contribution < -0.4 is 0 Å². The van der Waals surface area contributed by atoms with Crippen LogP contribution >= 0.6 is 12.6 Å². The molecule has 0 aromatic heterocycles. The van der Waals surface area contributed by atoms with Crippen molar-refractivity contribution in [2.24, 2.45) is 5.41 Å². The average molecular weight is 263 g/mol. The molecule has 0 N–H and O–H groups in total. The van der Waals surface area contributed by atoms with Gasteiger partial charge in [-0.2, -0.15) is 0 Å². The summed E-state index contributed by atoms with van der Waals surface area (Å²) in [5.74, 6) is 0.143. The van der Waals surface area contributed by atoms with E-state index < -0.39 is 0 Å². The largest absolute Gasteiger partial charge is 0.339 e. The molecule has 2 nitrogen and oxygen atoms in total. The van der Waals surface area contributed by atoms with E-state index in [0.29, 0.717) is 5.41 Å². The van der Waals surface area contributed by atoms with Crippen LogP contribution in [0, 0.1) is 5.41 Å². The molecule has 1 amide bonds. The number of benzene rings is 1. The minimum atomic E-state index is 0.143. The zero-order chi connectivity index (χ0) is 13.2. The van der Waals surface area contributed by atoms with Crippen LogP contribution in [0.15, 0.2) is 29.2 Å². The number of nitrogens with zero attached hydrogens (tertiary/aromatic N) is 1. The van der Waals surface area contributed by atoms with Crippen LogP contribution in [0.3, 0.4) is 0 Å². The summed E-state index contributed by atoms with van der Waals surface area (Å²) in [5.41, 5.74) is 1.17. The number of rotatable bonds is 2. The maximum atomic E-state index is 12.3. The Morgan fingerprint density at radius 2 is 2.06 bits per heavy atom. The lowest BCUT2D eigenvalue weighted by molar-refractivity contribution is 0.0600. The van der Waals surface area contributed by atoms with Crippen molar-refractivity contribution in [3.63, 3.8) is 0 Å². The maximum Gasteiger partial charge on any atom is 0.253 e. The number of hydrogen-bond acceptors (Lipinski definition) is 2. The van der Waals surface area contributed by atoms with E-state index in [0.717, 1.165) is 36.4 Å². The number of hydrogen-bond donors (Lipinski definition) is 1. The Morgan fingerprint density at radius 3 is 2.61 bits per heavy atom. The van der Waals surface area contributed by atoms with Gasteiger partial charge in [0.1, 0.15) is 0 Å². The summed E-state index contributed by atoms with van der Waals surface area (Å²) in [6, 6.07) is 7.49. The summed E-state index contributed by atoms with van der Waals surface area (Å²) in [7, 11) is 0. The molecule has 0 unspecified atom stereocenters. The van der Waals surface area contributed by atoms with Gasteiger partial charge >= 0.3 is 0 Å². The van der Waals surface area contributed by atoms with E-state index >= 15 is 0 Å². The fourth-order valence-electron chi connectivity index (χ4n) is 2.42. The van der Waals surface area contributed by atoms with Gasteiger partial charge in [-0.25, -0.2) is 0 Å². The van der Waals surface area contributed by atoms with Crippen molar-refractivity contribution in [3.8, 4) is 0 Å². The highest BCUT2D eigenvalue weighted by molar-refractivity contribution is 7.80. The van der Waals surface area contributed by atoms with Crippen LogP contribution in [0.1, 0.15) is 43.5 Å². The molecule has 0 saturated carbocycles. The predicted octanol–water partition coefficient (Wildman–Crippen LogP) is 3.63.